The summed E-state index contributed by atoms with van der Waals surface area (Å²) in [5.74, 6) is 0.176. The molecule has 4 heteroatoms. The van der Waals surface area contributed by atoms with Crippen molar-refractivity contribution in [1.82, 2.24) is 4.98 Å². The molecule has 0 saturated heterocycles. The molecule has 0 aliphatic heterocycles. The predicted octanol–water partition coefficient (Wildman–Crippen LogP) is 3.47. The summed E-state index contributed by atoms with van der Waals surface area (Å²) in [7, 11) is 0. The fourth-order valence-corrected chi connectivity index (χ4v) is 2.46. The number of fused-ring (bicyclic) bond motifs is 1. The fourth-order valence-electron chi connectivity index (χ4n) is 1.14. The summed E-state index contributed by atoms with van der Waals surface area (Å²) in [6.45, 7) is 0. The molecule has 0 radical (unpaired) electrons. The Kier molecular flexibility index (Phi) is 2.26. The van der Waals surface area contributed by atoms with Crippen molar-refractivity contribution < 1.29 is 5.11 Å². The highest BCUT2D eigenvalue weighted by Gasteiger charge is 2.02. The van der Waals surface area contributed by atoms with E-state index >= 15 is 0 Å². The summed E-state index contributed by atoms with van der Waals surface area (Å²) < 4.78 is 1.88. The number of hydrogen-bond acceptors (Lipinski definition) is 2. The quantitative estimate of drug-likeness (QED) is 0.808. The molecule has 1 heterocycles. The summed E-state index contributed by atoms with van der Waals surface area (Å²) in [6, 6.07) is 5.50. The average molecular weight is 303 g/mol. The molecular formula is C9H5Br2NO. The number of aromatic hydroxyl groups is 1. The molecule has 0 spiro atoms. The first kappa shape index (κ1) is 8.97. The number of nitrogens with zero attached hydrogens (tertiary/aromatic N) is 1. The van der Waals surface area contributed by atoms with Crippen LogP contribution in [-0.4, -0.2) is 10.1 Å². The molecule has 0 amide bonds. The lowest BCUT2D eigenvalue weighted by Gasteiger charge is -2.01. The Labute approximate surface area is 91.9 Å². The first-order valence-corrected chi connectivity index (χ1v) is 5.19. The van der Waals surface area contributed by atoms with Crippen LogP contribution in [0.15, 0.2) is 33.3 Å². The van der Waals surface area contributed by atoms with E-state index in [0.29, 0.717) is 0 Å². The average Bonchev–Trinajstić information content (AvgIpc) is 2.06. The van der Waals surface area contributed by atoms with Crippen LogP contribution in [0.1, 0.15) is 0 Å². The molecule has 2 rings (SSSR count). The Morgan fingerprint density at radius 2 is 1.92 bits per heavy atom. The number of hydrogen-bond donors (Lipinski definition) is 1. The number of halogens is 2. The molecule has 2 aromatic rings. The lowest BCUT2D eigenvalue weighted by Crippen LogP contribution is -1.80. The van der Waals surface area contributed by atoms with Crippen molar-refractivity contribution in [3.05, 3.63) is 33.3 Å². The Balaban J connectivity index is 2.87. The van der Waals surface area contributed by atoms with Gasteiger partial charge < -0.3 is 5.11 Å². The van der Waals surface area contributed by atoms with Gasteiger partial charge in [-0.3, -0.25) is 4.98 Å². The highest BCUT2D eigenvalue weighted by molar-refractivity contribution is 9.11. The second-order valence-electron chi connectivity index (χ2n) is 2.65. The second kappa shape index (κ2) is 3.27. The van der Waals surface area contributed by atoms with Gasteiger partial charge in [0.05, 0.1) is 11.7 Å². The van der Waals surface area contributed by atoms with Crippen molar-refractivity contribution in [3.63, 3.8) is 0 Å². The van der Waals surface area contributed by atoms with Gasteiger partial charge in [0, 0.05) is 14.3 Å². The van der Waals surface area contributed by atoms with Crippen LogP contribution in [0.4, 0.5) is 0 Å². The van der Waals surface area contributed by atoms with Crippen LogP contribution in [0.5, 0.6) is 5.75 Å². The van der Waals surface area contributed by atoms with Crippen molar-refractivity contribution in [3.8, 4) is 5.75 Å². The summed E-state index contributed by atoms with van der Waals surface area (Å²) in [5, 5.41) is 10.1. The molecule has 13 heavy (non-hydrogen) atoms. The van der Waals surface area contributed by atoms with E-state index in [1.807, 2.05) is 12.1 Å². The van der Waals surface area contributed by atoms with E-state index in [2.05, 4.69) is 36.8 Å². The van der Waals surface area contributed by atoms with Crippen molar-refractivity contribution in [1.29, 1.82) is 0 Å². The largest absolute Gasteiger partial charge is 0.506 e. The minimum atomic E-state index is 0.176. The molecule has 0 fully saturated rings. The van der Waals surface area contributed by atoms with E-state index in [1.165, 1.54) is 6.20 Å². The minimum Gasteiger partial charge on any atom is -0.506 e. The zero-order valence-corrected chi connectivity index (χ0v) is 9.63. The lowest BCUT2D eigenvalue weighted by atomic mass is 10.2. The normalized spacial score (nSPS) is 10.6. The van der Waals surface area contributed by atoms with Crippen molar-refractivity contribution in [2.45, 2.75) is 0 Å². The summed E-state index contributed by atoms with van der Waals surface area (Å²) in [6.07, 6.45) is 1.43. The van der Waals surface area contributed by atoms with Crippen molar-refractivity contribution in [2.75, 3.05) is 0 Å². The van der Waals surface area contributed by atoms with Gasteiger partial charge in [0.2, 0.25) is 0 Å². The van der Waals surface area contributed by atoms with Crippen LogP contribution < -0.4 is 0 Å². The molecule has 0 saturated carbocycles. The third kappa shape index (κ3) is 1.69. The minimum absolute atomic E-state index is 0.176. The first-order valence-electron chi connectivity index (χ1n) is 3.60. The van der Waals surface area contributed by atoms with Gasteiger partial charge >= 0.3 is 0 Å². The van der Waals surface area contributed by atoms with Gasteiger partial charge in [0.25, 0.3) is 0 Å². The molecule has 2 nitrogen and oxygen atoms in total. The summed E-state index contributed by atoms with van der Waals surface area (Å²) in [5.41, 5.74) is 0.846. The molecule has 1 aromatic heterocycles. The molecule has 1 N–H and O–H groups in total. The van der Waals surface area contributed by atoms with E-state index in [0.717, 1.165) is 19.8 Å². The Hall–Kier alpha value is -0.610. The predicted molar refractivity (Wildman–Crippen MR) is 58.8 cm³/mol. The molecule has 0 aliphatic carbocycles. The molecular weight excluding hydrogens is 298 g/mol. The van der Waals surface area contributed by atoms with Gasteiger partial charge in [-0.1, -0.05) is 31.9 Å². The van der Waals surface area contributed by atoms with E-state index in [9.17, 15) is 5.11 Å². The van der Waals surface area contributed by atoms with Crippen LogP contribution in [-0.2, 0) is 0 Å². The number of pyridine rings is 1. The first-order chi connectivity index (χ1) is 6.16. The van der Waals surface area contributed by atoms with Gasteiger partial charge in [-0.15, -0.1) is 0 Å². The topological polar surface area (TPSA) is 33.1 Å². The highest BCUT2D eigenvalue weighted by Crippen LogP contribution is 2.28. The van der Waals surface area contributed by atoms with Crippen LogP contribution in [0, 0.1) is 0 Å². The zero-order valence-electron chi connectivity index (χ0n) is 6.46. The Bertz CT molecular complexity index is 470. The fraction of sp³-hybridized carbons (Fsp3) is 0. The molecule has 66 valence electrons. The van der Waals surface area contributed by atoms with Crippen LogP contribution in [0.25, 0.3) is 10.9 Å². The zero-order chi connectivity index (χ0) is 9.42. The van der Waals surface area contributed by atoms with Crippen LogP contribution >= 0.6 is 31.9 Å². The third-order valence-electron chi connectivity index (χ3n) is 1.70. The van der Waals surface area contributed by atoms with Crippen molar-refractivity contribution in [2.24, 2.45) is 0 Å². The SMILES string of the molecule is Oc1cnc2cc(Br)cc(Br)c2c1. The molecule has 0 bridgehead atoms. The van der Waals surface area contributed by atoms with Crippen molar-refractivity contribution >= 4 is 42.8 Å². The van der Waals surface area contributed by atoms with E-state index < -0.39 is 0 Å². The maximum absolute atomic E-state index is 9.23. The molecule has 0 atom stereocenters. The second-order valence-corrected chi connectivity index (χ2v) is 4.42. The number of rotatable bonds is 0. The Morgan fingerprint density at radius 1 is 1.15 bits per heavy atom. The van der Waals surface area contributed by atoms with E-state index in [1.54, 1.807) is 6.07 Å². The number of benzene rings is 1. The standard InChI is InChI=1S/C9H5Br2NO/c10-5-1-8(11)7-3-6(13)4-12-9(7)2-5/h1-4,13H. The maximum atomic E-state index is 9.23. The monoisotopic (exact) mass is 301 g/mol. The van der Waals surface area contributed by atoms with Gasteiger partial charge in [0.15, 0.2) is 0 Å². The van der Waals surface area contributed by atoms with Crippen LogP contribution in [0.2, 0.25) is 0 Å². The molecule has 0 aliphatic rings. The van der Waals surface area contributed by atoms with E-state index in [-0.39, 0.29) is 5.75 Å². The molecule has 0 unspecified atom stereocenters. The number of aromatic nitrogens is 1. The lowest BCUT2D eigenvalue weighted by molar-refractivity contribution is 0.474. The van der Waals surface area contributed by atoms with Gasteiger partial charge in [0.1, 0.15) is 5.75 Å². The summed E-state index contributed by atoms with van der Waals surface area (Å²) in [4.78, 5) is 4.09. The van der Waals surface area contributed by atoms with Gasteiger partial charge in [-0.05, 0) is 18.2 Å². The van der Waals surface area contributed by atoms with Gasteiger partial charge in [-0.2, -0.15) is 0 Å². The molecule has 1 aromatic carbocycles. The highest BCUT2D eigenvalue weighted by atomic mass is 79.9. The maximum Gasteiger partial charge on any atom is 0.134 e. The Morgan fingerprint density at radius 3 is 2.69 bits per heavy atom. The van der Waals surface area contributed by atoms with E-state index in [4.69, 9.17) is 0 Å². The smallest absolute Gasteiger partial charge is 0.134 e. The third-order valence-corrected chi connectivity index (χ3v) is 2.81. The van der Waals surface area contributed by atoms with Crippen LogP contribution in [0.3, 0.4) is 0 Å². The summed E-state index contributed by atoms with van der Waals surface area (Å²) >= 11 is 6.77. The van der Waals surface area contributed by atoms with Gasteiger partial charge in [-0.25, -0.2) is 0 Å².